The Morgan fingerprint density at radius 1 is 1.32 bits per heavy atom. The van der Waals surface area contributed by atoms with Gasteiger partial charge < -0.3 is 11.1 Å². The van der Waals surface area contributed by atoms with Crippen molar-refractivity contribution >= 4 is 44.8 Å². The standard InChI is InChI=1S/C13H11BrN2O2S/c1-7-4-5-19-11(7)13(18)16-10-3-2-8(14)6-9(10)12(15)17/h2-6H,1H3,(H2,15,17)(H,16,18). The molecule has 0 radical (unpaired) electrons. The smallest absolute Gasteiger partial charge is 0.266 e. The summed E-state index contributed by atoms with van der Waals surface area (Å²) in [6.45, 7) is 1.86. The van der Waals surface area contributed by atoms with E-state index < -0.39 is 5.91 Å². The molecule has 6 heteroatoms. The highest BCUT2D eigenvalue weighted by molar-refractivity contribution is 9.10. The summed E-state index contributed by atoms with van der Waals surface area (Å²) in [7, 11) is 0. The van der Waals surface area contributed by atoms with Crippen LogP contribution in [0.4, 0.5) is 5.69 Å². The van der Waals surface area contributed by atoms with Gasteiger partial charge in [0.25, 0.3) is 11.8 Å². The summed E-state index contributed by atoms with van der Waals surface area (Å²) in [4.78, 5) is 24.1. The fraction of sp³-hybridized carbons (Fsp3) is 0.0769. The monoisotopic (exact) mass is 338 g/mol. The molecule has 0 aliphatic carbocycles. The van der Waals surface area contributed by atoms with E-state index in [1.165, 1.54) is 11.3 Å². The van der Waals surface area contributed by atoms with E-state index >= 15 is 0 Å². The topological polar surface area (TPSA) is 72.2 Å². The lowest BCUT2D eigenvalue weighted by atomic mass is 10.1. The first-order valence-electron chi connectivity index (χ1n) is 5.44. The second-order valence-electron chi connectivity index (χ2n) is 3.94. The quantitative estimate of drug-likeness (QED) is 0.902. The van der Waals surface area contributed by atoms with Gasteiger partial charge in [0.15, 0.2) is 0 Å². The van der Waals surface area contributed by atoms with Crippen LogP contribution >= 0.6 is 27.3 Å². The second-order valence-corrected chi connectivity index (χ2v) is 5.77. The molecule has 0 bridgehead atoms. The molecule has 0 aliphatic heterocycles. The number of nitrogens with two attached hydrogens (primary N) is 1. The van der Waals surface area contributed by atoms with Crippen molar-refractivity contribution in [3.05, 3.63) is 50.1 Å². The minimum Gasteiger partial charge on any atom is -0.366 e. The Bertz CT molecular complexity index is 652. The number of primary amides is 1. The number of thiophene rings is 1. The number of rotatable bonds is 3. The Morgan fingerprint density at radius 2 is 2.05 bits per heavy atom. The van der Waals surface area contributed by atoms with Crippen LogP contribution in [-0.4, -0.2) is 11.8 Å². The molecule has 0 saturated carbocycles. The van der Waals surface area contributed by atoms with E-state index in [9.17, 15) is 9.59 Å². The van der Waals surface area contributed by atoms with Crippen molar-refractivity contribution < 1.29 is 9.59 Å². The average Bonchev–Trinajstić information content (AvgIpc) is 2.77. The van der Waals surface area contributed by atoms with Crippen LogP contribution in [0.1, 0.15) is 25.6 Å². The molecule has 2 aromatic rings. The zero-order chi connectivity index (χ0) is 14.0. The molecule has 98 valence electrons. The van der Waals surface area contributed by atoms with E-state index in [0.29, 0.717) is 10.6 Å². The van der Waals surface area contributed by atoms with Crippen LogP contribution < -0.4 is 11.1 Å². The van der Waals surface area contributed by atoms with Crippen LogP contribution in [0.3, 0.4) is 0 Å². The molecule has 2 amide bonds. The molecular weight excluding hydrogens is 328 g/mol. The first-order valence-corrected chi connectivity index (χ1v) is 7.11. The Labute approximate surface area is 122 Å². The molecular formula is C13H11BrN2O2S. The largest absolute Gasteiger partial charge is 0.366 e. The number of nitrogens with one attached hydrogen (secondary N) is 1. The van der Waals surface area contributed by atoms with Gasteiger partial charge in [-0.05, 0) is 42.1 Å². The number of carbonyl (C=O) groups is 2. The van der Waals surface area contributed by atoms with Crippen molar-refractivity contribution in [2.45, 2.75) is 6.92 Å². The van der Waals surface area contributed by atoms with Gasteiger partial charge in [-0.3, -0.25) is 9.59 Å². The second kappa shape index (κ2) is 5.54. The average molecular weight is 339 g/mol. The fourth-order valence-corrected chi connectivity index (χ4v) is 2.80. The van der Waals surface area contributed by atoms with Gasteiger partial charge in [0, 0.05) is 4.47 Å². The number of carbonyl (C=O) groups excluding carboxylic acids is 2. The number of hydrogen-bond donors (Lipinski definition) is 2. The third-order valence-electron chi connectivity index (χ3n) is 2.56. The molecule has 19 heavy (non-hydrogen) atoms. The molecule has 1 heterocycles. The predicted molar refractivity (Wildman–Crippen MR) is 79.7 cm³/mol. The number of anilines is 1. The van der Waals surface area contributed by atoms with Gasteiger partial charge in [0.05, 0.1) is 16.1 Å². The summed E-state index contributed by atoms with van der Waals surface area (Å²) in [6.07, 6.45) is 0. The SMILES string of the molecule is Cc1ccsc1C(=O)Nc1ccc(Br)cc1C(N)=O. The number of halogens is 1. The lowest BCUT2D eigenvalue weighted by Gasteiger charge is -2.09. The lowest BCUT2D eigenvalue weighted by molar-refractivity contribution is 0.100. The first kappa shape index (κ1) is 13.8. The Hall–Kier alpha value is -1.66. The van der Waals surface area contributed by atoms with Crippen LogP contribution in [-0.2, 0) is 0 Å². The van der Waals surface area contributed by atoms with Gasteiger partial charge in [-0.2, -0.15) is 0 Å². The lowest BCUT2D eigenvalue weighted by Crippen LogP contribution is -2.18. The highest BCUT2D eigenvalue weighted by Gasteiger charge is 2.15. The predicted octanol–water partition coefficient (Wildman–Crippen LogP) is 3.17. The maximum absolute atomic E-state index is 12.1. The molecule has 0 fully saturated rings. The molecule has 1 aromatic carbocycles. The van der Waals surface area contributed by atoms with Crippen LogP contribution in [0.15, 0.2) is 34.1 Å². The highest BCUT2D eigenvalue weighted by Crippen LogP contribution is 2.23. The minimum absolute atomic E-state index is 0.239. The fourth-order valence-electron chi connectivity index (χ4n) is 1.61. The molecule has 0 aliphatic rings. The van der Waals surface area contributed by atoms with Crippen molar-refractivity contribution in [1.82, 2.24) is 0 Å². The normalized spacial score (nSPS) is 10.2. The van der Waals surface area contributed by atoms with Crippen molar-refractivity contribution in [3.8, 4) is 0 Å². The number of benzene rings is 1. The van der Waals surface area contributed by atoms with Crippen LogP contribution in [0.5, 0.6) is 0 Å². The molecule has 1 aromatic heterocycles. The Kier molecular flexibility index (Phi) is 4.01. The van der Waals surface area contributed by atoms with E-state index in [1.54, 1.807) is 18.2 Å². The van der Waals surface area contributed by atoms with E-state index in [0.717, 1.165) is 10.0 Å². The van der Waals surface area contributed by atoms with Crippen LogP contribution in [0.25, 0.3) is 0 Å². The van der Waals surface area contributed by atoms with Crippen LogP contribution in [0.2, 0.25) is 0 Å². The Morgan fingerprint density at radius 3 is 2.63 bits per heavy atom. The number of amides is 2. The third-order valence-corrected chi connectivity index (χ3v) is 4.07. The summed E-state index contributed by atoms with van der Waals surface area (Å²) in [6, 6.07) is 6.84. The zero-order valence-electron chi connectivity index (χ0n) is 10.1. The maximum Gasteiger partial charge on any atom is 0.266 e. The summed E-state index contributed by atoms with van der Waals surface area (Å²) in [5, 5.41) is 4.56. The molecule has 0 unspecified atom stereocenters. The summed E-state index contributed by atoms with van der Waals surface area (Å²) >= 11 is 4.62. The molecule has 4 nitrogen and oxygen atoms in total. The van der Waals surface area contributed by atoms with Crippen molar-refractivity contribution in [2.24, 2.45) is 5.73 Å². The van der Waals surface area contributed by atoms with Gasteiger partial charge in [-0.1, -0.05) is 15.9 Å². The van der Waals surface area contributed by atoms with Gasteiger partial charge in [-0.15, -0.1) is 11.3 Å². The molecule has 0 saturated heterocycles. The molecule has 0 atom stereocenters. The van der Waals surface area contributed by atoms with E-state index in [4.69, 9.17) is 5.73 Å². The summed E-state index contributed by atoms with van der Waals surface area (Å²) in [5.41, 5.74) is 6.89. The highest BCUT2D eigenvalue weighted by atomic mass is 79.9. The van der Waals surface area contributed by atoms with Crippen LogP contribution in [0, 0.1) is 6.92 Å². The number of aryl methyl sites for hydroxylation is 1. The van der Waals surface area contributed by atoms with Gasteiger partial charge in [0.2, 0.25) is 0 Å². The van der Waals surface area contributed by atoms with Crippen molar-refractivity contribution in [2.75, 3.05) is 5.32 Å². The Balaban J connectivity index is 2.32. The van der Waals surface area contributed by atoms with Crippen molar-refractivity contribution in [1.29, 1.82) is 0 Å². The van der Waals surface area contributed by atoms with Gasteiger partial charge in [-0.25, -0.2) is 0 Å². The summed E-state index contributed by atoms with van der Waals surface area (Å²) in [5.74, 6) is -0.822. The van der Waals surface area contributed by atoms with Crippen molar-refractivity contribution in [3.63, 3.8) is 0 Å². The maximum atomic E-state index is 12.1. The summed E-state index contributed by atoms with van der Waals surface area (Å²) < 4.78 is 0.728. The zero-order valence-corrected chi connectivity index (χ0v) is 12.5. The molecule has 3 N–H and O–H groups in total. The van der Waals surface area contributed by atoms with Gasteiger partial charge in [0.1, 0.15) is 0 Å². The van der Waals surface area contributed by atoms with Gasteiger partial charge >= 0.3 is 0 Å². The van der Waals surface area contributed by atoms with E-state index in [1.807, 2.05) is 18.4 Å². The molecule has 0 spiro atoms. The number of hydrogen-bond acceptors (Lipinski definition) is 3. The molecule has 2 rings (SSSR count). The van der Waals surface area contributed by atoms with E-state index in [-0.39, 0.29) is 11.5 Å². The third kappa shape index (κ3) is 3.02. The van der Waals surface area contributed by atoms with E-state index in [2.05, 4.69) is 21.2 Å². The minimum atomic E-state index is -0.584. The first-order chi connectivity index (χ1) is 8.99.